The number of nitrogens with zero attached hydrogens (tertiary/aromatic N) is 1. The monoisotopic (exact) mass is 351 g/mol. The van der Waals surface area contributed by atoms with Crippen molar-refractivity contribution in [1.29, 1.82) is 5.41 Å². The Bertz CT molecular complexity index is 807. The summed E-state index contributed by atoms with van der Waals surface area (Å²) in [6.45, 7) is 3.62. The number of hydrogen-bond acceptors (Lipinski definition) is 5. The minimum atomic E-state index is -0.0408. The molecule has 5 nitrogen and oxygen atoms in total. The van der Waals surface area contributed by atoms with Crippen molar-refractivity contribution in [2.45, 2.75) is 25.9 Å². The summed E-state index contributed by atoms with van der Waals surface area (Å²) in [7, 11) is 2.13. The number of ketones is 1. The van der Waals surface area contributed by atoms with Crippen molar-refractivity contribution in [1.82, 2.24) is 4.90 Å². The van der Waals surface area contributed by atoms with Gasteiger partial charge in [-0.25, -0.2) is 0 Å². The molecule has 1 aliphatic heterocycles. The van der Waals surface area contributed by atoms with Crippen LogP contribution in [0.1, 0.15) is 41.3 Å². The second kappa shape index (κ2) is 7.70. The zero-order valence-electron chi connectivity index (χ0n) is 15.3. The number of nitrogens with two attached hydrogens (primary N) is 1. The molecule has 5 heteroatoms. The summed E-state index contributed by atoms with van der Waals surface area (Å²) in [6, 6.07) is 12.6. The maximum absolute atomic E-state index is 11.6. The number of ether oxygens (including phenoxy) is 1. The number of rotatable bonds is 5. The third-order valence-corrected chi connectivity index (χ3v) is 4.84. The van der Waals surface area contributed by atoms with Gasteiger partial charge in [-0.05, 0) is 69.3 Å². The van der Waals surface area contributed by atoms with Crippen LogP contribution in [-0.2, 0) is 0 Å². The van der Waals surface area contributed by atoms with Crippen LogP contribution in [0.15, 0.2) is 42.5 Å². The first kappa shape index (κ1) is 18.1. The third kappa shape index (κ3) is 4.11. The Hall–Kier alpha value is -2.66. The number of Topliss-reactive ketones (excluding diaryl/α,β-unsaturated/α-hetero) is 1. The highest BCUT2D eigenvalue weighted by Gasteiger charge is 2.18. The van der Waals surface area contributed by atoms with Gasteiger partial charge in [0.1, 0.15) is 11.9 Å². The maximum Gasteiger partial charge on any atom is 0.159 e. The molecule has 0 bridgehead atoms. The molecule has 136 valence electrons. The van der Waals surface area contributed by atoms with Gasteiger partial charge in [0.05, 0.1) is 5.71 Å². The molecule has 0 spiro atoms. The maximum atomic E-state index is 11.6. The number of nitrogens with one attached hydrogen (secondary N) is 1. The topological polar surface area (TPSA) is 79.4 Å². The smallest absolute Gasteiger partial charge is 0.159 e. The van der Waals surface area contributed by atoms with Crippen molar-refractivity contribution in [3.05, 3.63) is 59.2 Å². The molecule has 1 saturated heterocycles. The van der Waals surface area contributed by atoms with E-state index in [1.54, 1.807) is 18.2 Å². The van der Waals surface area contributed by atoms with Gasteiger partial charge in [-0.2, -0.15) is 0 Å². The first-order valence-corrected chi connectivity index (χ1v) is 8.89. The van der Waals surface area contributed by atoms with Gasteiger partial charge in [-0.3, -0.25) is 10.2 Å². The van der Waals surface area contributed by atoms with Crippen molar-refractivity contribution in [2.75, 3.05) is 25.9 Å². The fourth-order valence-electron chi connectivity index (χ4n) is 3.14. The average Bonchev–Trinajstić information content (AvgIpc) is 2.64. The van der Waals surface area contributed by atoms with E-state index < -0.39 is 0 Å². The van der Waals surface area contributed by atoms with Gasteiger partial charge >= 0.3 is 0 Å². The minimum Gasteiger partial charge on any atom is -0.490 e. The summed E-state index contributed by atoms with van der Waals surface area (Å²) in [5, 5.41) is 8.46. The Balaban J connectivity index is 1.73. The van der Waals surface area contributed by atoms with Gasteiger partial charge in [-0.1, -0.05) is 0 Å². The van der Waals surface area contributed by atoms with E-state index in [9.17, 15) is 4.79 Å². The van der Waals surface area contributed by atoms with Crippen LogP contribution >= 0.6 is 0 Å². The summed E-state index contributed by atoms with van der Waals surface area (Å²) in [4.78, 5) is 13.9. The zero-order chi connectivity index (χ0) is 18.7. The summed E-state index contributed by atoms with van der Waals surface area (Å²) in [5.74, 6) is 0.780. The van der Waals surface area contributed by atoms with E-state index >= 15 is 0 Å². The molecule has 1 fully saturated rings. The lowest BCUT2D eigenvalue weighted by Gasteiger charge is -2.29. The van der Waals surface area contributed by atoms with Crippen molar-refractivity contribution in [2.24, 2.45) is 0 Å². The number of anilines is 1. The van der Waals surface area contributed by atoms with Crippen LogP contribution in [0, 0.1) is 5.41 Å². The summed E-state index contributed by atoms with van der Waals surface area (Å²) in [5.41, 5.74) is 8.68. The fourth-order valence-corrected chi connectivity index (χ4v) is 3.14. The molecular weight excluding hydrogens is 326 g/mol. The van der Waals surface area contributed by atoms with Crippen LogP contribution in [0.25, 0.3) is 0 Å². The van der Waals surface area contributed by atoms with E-state index in [1.807, 2.05) is 24.3 Å². The Morgan fingerprint density at radius 1 is 1.12 bits per heavy atom. The van der Waals surface area contributed by atoms with Crippen molar-refractivity contribution in [3.8, 4) is 5.75 Å². The summed E-state index contributed by atoms with van der Waals surface area (Å²) >= 11 is 0. The first-order chi connectivity index (χ1) is 12.4. The number of nitrogen functional groups attached to an aromatic ring is 1. The lowest BCUT2D eigenvalue weighted by Crippen LogP contribution is -2.35. The van der Waals surface area contributed by atoms with Crippen LogP contribution in [0.4, 0.5) is 5.69 Å². The summed E-state index contributed by atoms with van der Waals surface area (Å²) < 4.78 is 6.05. The average molecular weight is 351 g/mol. The Morgan fingerprint density at radius 2 is 1.73 bits per heavy atom. The molecule has 0 saturated carbocycles. The highest BCUT2D eigenvalue weighted by molar-refractivity contribution is 6.14. The Labute approximate surface area is 154 Å². The molecular formula is C21H25N3O2. The van der Waals surface area contributed by atoms with Crippen molar-refractivity contribution >= 4 is 17.2 Å². The van der Waals surface area contributed by atoms with E-state index in [4.69, 9.17) is 15.9 Å². The fraction of sp³-hybridized carbons (Fsp3) is 0.333. The molecule has 3 rings (SSSR count). The molecule has 2 aromatic rings. The van der Waals surface area contributed by atoms with Crippen LogP contribution in [0.5, 0.6) is 5.75 Å². The molecule has 0 amide bonds. The zero-order valence-corrected chi connectivity index (χ0v) is 15.3. The molecule has 0 radical (unpaired) electrons. The van der Waals surface area contributed by atoms with E-state index in [2.05, 4.69) is 11.9 Å². The second-order valence-corrected chi connectivity index (χ2v) is 6.88. The number of likely N-dealkylation sites (tertiary alicyclic amines) is 1. The van der Waals surface area contributed by atoms with Crippen molar-refractivity contribution in [3.63, 3.8) is 0 Å². The molecule has 26 heavy (non-hydrogen) atoms. The van der Waals surface area contributed by atoms with Crippen LogP contribution in [0.2, 0.25) is 0 Å². The molecule has 0 unspecified atom stereocenters. The normalized spacial score (nSPS) is 15.6. The highest BCUT2D eigenvalue weighted by Crippen LogP contribution is 2.22. The van der Waals surface area contributed by atoms with Gasteiger partial charge < -0.3 is 15.4 Å². The number of carbonyl (C=O) groups excluding carboxylic acids is 1. The third-order valence-electron chi connectivity index (χ3n) is 4.84. The first-order valence-electron chi connectivity index (χ1n) is 8.89. The van der Waals surface area contributed by atoms with Crippen molar-refractivity contribution < 1.29 is 9.53 Å². The summed E-state index contributed by atoms with van der Waals surface area (Å²) in [6.07, 6.45) is 2.31. The Kier molecular flexibility index (Phi) is 5.38. The quantitative estimate of drug-likeness (QED) is 0.492. The van der Waals surface area contributed by atoms with Gasteiger partial charge in [0.25, 0.3) is 0 Å². The SMILES string of the molecule is CC(=O)c1ccc(N)c(C(=N)c2ccc(OC3CCN(C)CC3)cc2)c1. The molecule has 2 aromatic carbocycles. The molecule has 1 heterocycles. The molecule has 1 aliphatic rings. The van der Waals surface area contributed by atoms with E-state index in [0.717, 1.165) is 37.2 Å². The predicted molar refractivity (Wildman–Crippen MR) is 104 cm³/mol. The Morgan fingerprint density at radius 3 is 2.35 bits per heavy atom. The van der Waals surface area contributed by atoms with Gasteiger partial charge in [0, 0.05) is 35.5 Å². The standard InChI is InChI=1S/C21H25N3O2/c1-14(25)16-5-8-20(22)19(13-16)21(23)15-3-6-17(7-4-15)26-18-9-11-24(2)12-10-18/h3-8,13,18,23H,9-12,22H2,1-2H3. The van der Waals surface area contributed by atoms with Crippen LogP contribution in [-0.4, -0.2) is 42.6 Å². The highest BCUT2D eigenvalue weighted by atomic mass is 16.5. The number of benzene rings is 2. The van der Waals surface area contributed by atoms with Gasteiger partial charge in [-0.15, -0.1) is 0 Å². The van der Waals surface area contributed by atoms with E-state index in [0.29, 0.717) is 22.5 Å². The molecule has 0 aliphatic carbocycles. The second-order valence-electron chi connectivity index (χ2n) is 6.88. The minimum absolute atomic E-state index is 0.0408. The van der Waals surface area contributed by atoms with Crippen LogP contribution in [0.3, 0.4) is 0 Å². The van der Waals surface area contributed by atoms with Crippen LogP contribution < -0.4 is 10.5 Å². The molecule has 0 aromatic heterocycles. The van der Waals surface area contributed by atoms with E-state index in [1.165, 1.54) is 6.92 Å². The van der Waals surface area contributed by atoms with Gasteiger partial charge in [0.15, 0.2) is 5.78 Å². The molecule has 0 atom stereocenters. The number of piperidine rings is 1. The largest absolute Gasteiger partial charge is 0.490 e. The van der Waals surface area contributed by atoms with Gasteiger partial charge in [0.2, 0.25) is 0 Å². The lowest BCUT2D eigenvalue weighted by atomic mass is 9.98. The predicted octanol–water partition coefficient (Wildman–Crippen LogP) is 3.36. The lowest BCUT2D eigenvalue weighted by molar-refractivity contribution is 0.101. The number of carbonyl (C=O) groups is 1. The van der Waals surface area contributed by atoms with E-state index in [-0.39, 0.29) is 11.9 Å². The number of hydrogen-bond donors (Lipinski definition) is 2. The molecule has 3 N–H and O–H groups in total.